The SMILES string of the molecule is NC(=O)[C@@H]1CC=CC[C@H]1NC(=O)c1ccc(CSc2ccccn2)cc1. The van der Waals surface area contributed by atoms with Crippen LogP contribution in [0.3, 0.4) is 0 Å². The van der Waals surface area contributed by atoms with E-state index in [0.29, 0.717) is 18.4 Å². The zero-order valence-corrected chi connectivity index (χ0v) is 15.1. The Morgan fingerprint density at radius 3 is 2.58 bits per heavy atom. The van der Waals surface area contributed by atoms with Gasteiger partial charge in [0, 0.05) is 23.6 Å². The summed E-state index contributed by atoms with van der Waals surface area (Å²) in [5, 5.41) is 3.91. The van der Waals surface area contributed by atoms with Gasteiger partial charge in [0.1, 0.15) is 0 Å². The summed E-state index contributed by atoms with van der Waals surface area (Å²) in [6.45, 7) is 0. The number of carbonyl (C=O) groups is 2. The summed E-state index contributed by atoms with van der Waals surface area (Å²) in [6, 6.07) is 13.1. The predicted octanol–water partition coefficient (Wildman–Crippen LogP) is 2.92. The largest absolute Gasteiger partial charge is 0.369 e. The van der Waals surface area contributed by atoms with Crippen molar-refractivity contribution in [3.63, 3.8) is 0 Å². The van der Waals surface area contributed by atoms with Crippen LogP contribution in [-0.4, -0.2) is 22.8 Å². The zero-order chi connectivity index (χ0) is 18.4. The second kappa shape index (κ2) is 8.67. The molecular formula is C20H21N3O2S. The summed E-state index contributed by atoms with van der Waals surface area (Å²) in [4.78, 5) is 28.3. The number of hydrogen-bond acceptors (Lipinski definition) is 4. The molecule has 26 heavy (non-hydrogen) atoms. The highest BCUT2D eigenvalue weighted by atomic mass is 32.2. The van der Waals surface area contributed by atoms with Gasteiger partial charge in [-0.3, -0.25) is 9.59 Å². The van der Waals surface area contributed by atoms with Crippen LogP contribution in [0.2, 0.25) is 0 Å². The number of carbonyl (C=O) groups excluding carboxylic acids is 2. The highest BCUT2D eigenvalue weighted by Crippen LogP contribution is 2.21. The van der Waals surface area contributed by atoms with Gasteiger partial charge in [0.25, 0.3) is 5.91 Å². The van der Waals surface area contributed by atoms with Crippen molar-refractivity contribution in [2.45, 2.75) is 29.7 Å². The Morgan fingerprint density at radius 1 is 1.12 bits per heavy atom. The van der Waals surface area contributed by atoms with E-state index >= 15 is 0 Å². The maximum atomic E-state index is 12.5. The summed E-state index contributed by atoms with van der Waals surface area (Å²) < 4.78 is 0. The molecule has 3 N–H and O–H groups in total. The fraction of sp³-hybridized carbons (Fsp3) is 0.250. The third-order valence-electron chi connectivity index (χ3n) is 4.35. The second-order valence-electron chi connectivity index (χ2n) is 6.19. The van der Waals surface area contributed by atoms with E-state index in [1.807, 2.05) is 54.6 Å². The van der Waals surface area contributed by atoms with Crippen molar-refractivity contribution >= 4 is 23.6 Å². The van der Waals surface area contributed by atoms with Crippen LogP contribution in [0.1, 0.15) is 28.8 Å². The van der Waals surface area contributed by atoms with E-state index in [-0.39, 0.29) is 23.8 Å². The molecule has 2 atom stereocenters. The number of nitrogens with two attached hydrogens (primary N) is 1. The number of allylic oxidation sites excluding steroid dienone is 1. The number of nitrogens with one attached hydrogen (secondary N) is 1. The number of nitrogens with zero attached hydrogens (tertiary/aromatic N) is 1. The first-order chi connectivity index (χ1) is 12.6. The van der Waals surface area contributed by atoms with Crippen molar-refractivity contribution in [2.75, 3.05) is 0 Å². The first-order valence-corrected chi connectivity index (χ1v) is 9.50. The van der Waals surface area contributed by atoms with Crippen LogP contribution < -0.4 is 11.1 Å². The Morgan fingerprint density at radius 2 is 1.88 bits per heavy atom. The second-order valence-corrected chi connectivity index (χ2v) is 7.18. The summed E-state index contributed by atoms with van der Waals surface area (Å²) >= 11 is 1.65. The maximum Gasteiger partial charge on any atom is 0.251 e. The Labute approximate surface area is 157 Å². The highest BCUT2D eigenvalue weighted by molar-refractivity contribution is 7.98. The lowest BCUT2D eigenvalue weighted by Crippen LogP contribution is -2.46. The average Bonchev–Trinajstić information content (AvgIpc) is 2.68. The molecule has 1 aromatic carbocycles. The average molecular weight is 367 g/mol. The molecule has 1 heterocycles. The molecule has 134 valence electrons. The molecular weight excluding hydrogens is 346 g/mol. The van der Waals surface area contributed by atoms with Crippen LogP contribution >= 0.6 is 11.8 Å². The van der Waals surface area contributed by atoms with E-state index in [2.05, 4.69) is 10.3 Å². The third-order valence-corrected chi connectivity index (χ3v) is 5.37. The van der Waals surface area contributed by atoms with Crippen molar-refractivity contribution in [1.82, 2.24) is 10.3 Å². The van der Waals surface area contributed by atoms with Crippen LogP contribution in [0, 0.1) is 5.92 Å². The number of amides is 2. The Hall–Kier alpha value is -2.60. The monoisotopic (exact) mass is 367 g/mol. The van der Waals surface area contributed by atoms with Crippen LogP contribution in [-0.2, 0) is 10.5 Å². The van der Waals surface area contributed by atoms with Gasteiger partial charge in [-0.1, -0.05) is 30.4 Å². The minimum Gasteiger partial charge on any atom is -0.369 e. The van der Waals surface area contributed by atoms with Gasteiger partial charge in [-0.25, -0.2) is 4.98 Å². The van der Waals surface area contributed by atoms with Crippen molar-refractivity contribution in [3.8, 4) is 0 Å². The van der Waals surface area contributed by atoms with E-state index in [4.69, 9.17) is 5.73 Å². The van der Waals surface area contributed by atoms with Gasteiger partial charge >= 0.3 is 0 Å². The Kier molecular flexibility index (Phi) is 6.07. The summed E-state index contributed by atoms with van der Waals surface area (Å²) in [7, 11) is 0. The van der Waals surface area contributed by atoms with Gasteiger partial charge in [0.05, 0.1) is 10.9 Å². The molecule has 0 saturated carbocycles. The van der Waals surface area contributed by atoms with Crippen LogP contribution in [0.15, 0.2) is 65.8 Å². The number of rotatable bonds is 6. The molecule has 0 unspecified atom stereocenters. The molecule has 0 fully saturated rings. The fourth-order valence-electron chi connectivity index (χ4n) is 2.88. The molecule has 3 rings (SSSR count). The fourth-order valence-corrected chi connectivity index (χ4v) is 3.70. The summed E-state index contributed by atoms with van der Waals surface area (Å²) in [5.41, 5.74) is 7.14. The normalized spacial score (nSPS) is 19.1. The van der Waals surface area contributed by atoms with Crippen LogP contribution in [0.5, 0.6) is 0 Å². The predicted molar refractivity (Wildman–Crippen MR) is 103 cm³/mol. The zero-order valence-electron chi connectivity index (χ0n) is 14.3. The molecule has 2 amide bonds. The topological polar surface area (TPSA) is 85.1 Å². The van der Waals surface area contributed by atoms with Crippen molar-refractivity contribution < 1.29 is 9.59 Å². The first kappa shape index (κ1) is 18.2. The Balaban J connectivity index is 1.58. The molecule has 0 spiro atoms. The smallest absolute Gasteiger partial charge is 0.251 e. The molecule has 1 aliphatic carbocycles. The molecule has 1 aromatic heterocycles. The van der Waals surface area contributed by atoms with E-state index in [0.717, 1.165) is 16.3 Å². The van der Waals surface area contributed by atoms with E-state index in [9.17, 15) is 9.59 Å². The van der Waals surface area contributed by atoms with E-state index in [1.165, 1.54) is 0 Å². The number of primary amides is 1. The molecule has 0 bridgehead atoms. The number of thioether (sulfide) groups is 1. The molecule has 5 nitrogen and oxygen atoms in total. The van der Waals surface area contributed by atoms with Crippen LogP contribution in [0.4, 0.5) is 0 Å². The van der Waals surface area contributed by atoms with Gasteiger partial charge < -0.3 is 11.1 Å². The minimum atomic E-state index is -0.374. The van der Waals surface area contributed by atoms with Crippen molar-refractivity contribution in [1.29, 1.82) is 0 Å². The number of benzene rings is 1. The van der Waals surface area contributed by atoms with Gasteiger partial charge in [-0.15, -0.1) is 11.8 Å². The number of hydrogen-bond donors (Lipinski definition) is 2. The standard InChI is InChI=1S/C20H21N3O2S/c21-19(24)16-5-1-2-6-17(16)23-20(25)15-10-8-14(9-11-15)13-26-18-7-3-4-12-22-18/h1-4,7-12,16-17H,5-6,13H2,(H2,21,24)(H,23,25)/t16-,17-/m1/s1. The molecule has 0 aliphatic heterocycles. The molecule has 1 aliphatic rings. The lowest BCUT2D eigenvalue weighted by molar-refractivity contribution is -0.122. The van der Waals surface area contributed by atoms with Crippen molar-refractivity contribution in [2.24, 2.45) is 11.7 Å². The molecule has 0 saturated heterocycles. The lowest BCUT2D eigenvalue weighted by atomic mass is 9.88. The number of aromatic nitrogens is 1. The molecule has 2 aromatic rings. The molecule has 6 heteroatoms. The molecule has 0 radical (unpaired) electrons. The minimum absolute atomic E-state index is 0.180. The number of pyridine rings is 1. The van der Waals surface area contributed by atoms with E-state index in [1.54, 1.807) is 18.0 Å². The summed E-state index contributed by atoms with van der Waals surface area (Å²) in [6.07, 6.45) is 6.88. The maximum absolute atomic E-state index is 12.5. The summed E-state index contributed by atoms with van der Waals surface area (Å²) in [5.74, 6) is -0.115. The van der Waals surface area contributed by atoms with Crippen molar-refractivity contribution in [3.05, 3.63) is 71.9 Å². The lowest BCUT2D eigenvalue weighted by Gasteiger charge is -2.26. The third kappa shape index (κ3) is 4.73. The Bertz CT molecular complexity index is 790. The first-order valence-electron chi connectivity index (χ1n) is 8.51. The van der Waals surface area contributed by atoms with E-state index < -0.39 is 0 Å². The van der Waals surface area contributed by atoms with Gasteiger partial charge in [0.2, 0.25) is 5.91 Å². The van der Waals surface area contributed by atoms with Gasteiger partial charge in [-0.05, 0) is 42.7 Å². The quantitative estimate of drug-likeness (QED) is 0.607. The van der Waals surface area contributed by atoms with Gasteiger partial charge in [-0.2, -0.15) is 0 Å². The van der Waals surface area contributed by atoms with Gasteiger partial charge in [0.15, 0.2) is 0 Å². The van der Waals surface area contributed by atoms with Crippen LogP contribution in [0.25, 0.3) is 0 Å². The highest BCUT2D eigenvalue weighted by Gasteiger charge is 2.28.